The maximum Gasteiger partial charge on any atom is 0.307 e. The van der Waals surface area contributed by atoms with Crippen molar-refractivity contribution >= 4 is 11.9 Å². The molecule has 0 aromatic rings. The summed E-state index contributed by atoms with van der Waals surface area (Å²) in [6, 6.07) is 0. The largest absolute Gasteiger partial charge is 0.481 e. The van der Waals surface area contributed by atoms with Crippen LogP contribution in [0.1, 0.15) is 12.8 Å². The van der Waals surface area contributed by atoms with E-state index in [0.717, 1.165) is 0 Å². The van der Waals surface area contributed by atoms with Crippen molar-refractivity contribution in [1.29, 1.82) is 0 Å². The molecule has 0 aliphatic heterocycles. The lowest BCUT2D eigenvalue weighted by atomic mass is 9.97. The van der Waals surface area contributed by atoms with E-state index in [1.165, 1.54) is 0 Å². The Morgan fingerprint density at radius 1 is 1.22 bits per heavy atom. The van der Waals surface area contributed by atoms with Crippen molar-refractivity contribution in [2.45, 2.75) is 24.9 Å². The predicted molar refractivity (Wildman–Crippen MR) is 55.3 cm³/mol. The molecule has 1 aliphatic carbocycles. The van der Waals surface area contributed by atoms with Gasteiger partial charge >= 0.3 is 11.9 Å². The van der Waals surface area contributed by atoms with Crippen LogP contribution in [-0.2, 0) is 9.59 Å². The third kappa shape index (κ3) is 3.61. The summed E-state index contributed by atoms with van der Waals surface area (Å²) in [5.74, 6) is -4.99. The molecule has 4 N–H and O–H groups in total. The second-order valence-electron chi connectivity index (χ2n) is 4.54. The lowest BCUT2D eigenvalue weighted by Crippen LogP contribution is -2.40. The molecule has 0 bridgehead atoms. The Morgan fingerprint density at radius 2 is 1.67 bits per heavy atom. The molecule has 0 amide bonds. The minimum atomic E-state index is -2.58. The van der Waals surface area contributed by atoms with E-state index in [-0.39, 0.29) is 19.4 Å². The summed E-state index contributed by atoms with van der Waals surface area (Å²) < 4.78 is 23.8. The molecule has 0 saturated heterocycles. The molecule has 1 saturated carbocycles. The molecule has 1 fully saturated rings. The van der Waals surface area contributed by atoms with Gasteiger partial charge in [-0.05, 0) is 12.8 Å². The smallest absolute Gasteiger partial charge is 0.307 e. The fourth-order valence-corrected chi connectivity index (χ4v) is 2.26. The first-order chi connectivity index (χ1) is 8.25. The second-order valence-corrected chi connectivity index (χ2v) is 4.54. The number of carboxylic acids is 2. The predicted octanol–water partition coefficient (Wildman–Crippen LogP) is -0.232. The molecule has 6 nitrogen and oxygen atoms in total. The number of carboxylic acid groups (broad SMARTS) is 2. The Morgan fingerprint density at radius 3 is 2.00 bits per heavy atom. The molecule has 104 valence electrons. The maximum atomic E-state index is 11.9. The van der Waals surface area contributed by atoms with Crippen LogP contribution in [0.5, 0.6) is 0 Å². The number of aliphatic carboxylic acids is 2. The van der Waals surface area contributed by atoms with Crippen molar-refractivity contribution < 1.29 is 33.7 Å². The lowest BCUT2D eigenvalue weighted by Gasteiger charge is -2.22. The Labute approximate surface area is 102 Å². The van der Waals surface area contributed by atoms with Crippen LogP contribution in [0, 0.1) is 11.8 Å². The normalized spacial score (nSPS) is 31.8. The van der Waals surface area contributed by atoms with Gasteiger partial charge in [0.2, 0.25) is 0 Å². The number of aliphatic hydroxyl groups is 1. The molecule has 1 aliphatic rings. The third-order valence-electron chi connectivity index (χ3n) is 3.07. The Kier molecular flexibility index (Phi) is 4.58. The van der Waals surface area contributed by atoms with Gasteiger partial charge in [0.05, 0.1) is 24.0 Å². The molecule has 0 heterocycles. The van der Waals surface area contributed by atoms with Gasteiger partial charge in [-0.25, -0.2) is 8.78 Å². The number of nitrogens with one attached hydrogen (secondary N) is 1. The van der Waals surface area contributed by atoms with Crippen LogP contribution in [0.25, 0.3) is 0 Å². The van der Waals surface area contributed by atoms with Crippen LogP contribution < -0.4 is 5.32 Å². The van der Waals surface area contributed by atoms with Crippen molar-refractivity contribution in [3.05, 3.63) is 0 Å². The van der Waals surface area contributed by atoms with Gasteiger partial charge in [-0.15, -0.1) is 0 Å². The first-order valence-corrected chi connectivity index (χ1v) is 5.42. The summed E-state index contributed by atoms with van der Waals surface area (Å²) in [6.07, 6.45) is -3.09. The monoisotopic (exact) mass is 267 g/mol. The van der Waals surface area contributed by atoms with E-state index in [4.69, 9.17) is 10.2 Å². The summed E-state index contributed by atoms with van der Waals surface area (Å²) in [7, 11) is 0. The van der Waals surface area contributed by atoms with Crippen molar-refractivity contribution in [3.8, 4) is 0 Å². The molecule has 2 unspecified atom stereocenters. The van der Waals surface area contributed by atoms with Crippen LogP contribution in [0.15, 0.2) is 0 Å². The van der Waals surface area contributed by atoms with E-state index in [0.29, 0.717) is 0 Å². The van der Waals surface area contributed by atoms with Gasteiger partial charge < -0.3 is 20.6 Å². The van der Waals surface area contributed by atoms with Crippen molar-refractivity contribution in [2.24, 2.45) is 11.8 Å². The molecule has 0 aromatic carbocycles. The number of alkyl halides is 2. The van der Waals surface area contributed by atoms with Gasteiger partial charge in [0, 0.05) is 6.54 Å². The molecule has 0 aromatic heterocycles. The number of halogens is 2. The number of hydrogen-bond donors (Lipinski definition) is 4. The Hall–Kier alpha value is -1.28. The SMILES string of the molecule is O=C(O)C1CC(O)(CNCC(F)F)CC1C(=O)O. The number of carbonyl (C=O) groups is 2. The first-order valence-electron chi connectivity index (χ1n) is 5.42. The van der Waals surface area contributed by atoms with E-state index in [2.05, 4.69) is 5.32 Å². The molecule has 8 heteroatoms. The maximum absolute atomic E-state index is 11.9. The number of rotatable bonds is 6. The molecule has 0 spiro atoms. The highest BCUT2D eigenvalue weighted by Crippen LogP contribution is 2.39. The van der Waals surface area contributed by atoms with Gasteiger partial charge in [0.1, 0.15) is 0 Å². The van der Waals surface area contributed by atoms with Gasteiger partial charge in [0.15, 0.2) is 0 Å². The van der Waals surface area contributed by atoms with E-state index < -0.39 is 42.3 Å². The van der Waals surface area contributed by atoms with Crippen LogP contribution in [0.3, 0.4) is 0 Å². The summed E-state index contributed by atoms with van der Waals surface area (Å²) in [5, 5.41) is 30.0. The topological polar surface area (TPSA) is 107 Å². The van der Waals surface area contributed by atoms with Gasteiger partial charge in [0.25, 0.3) is 6.43 Å². The molecule has 18 heavy (non-hydrogen) atoms. The highest BCUT2D eigenvalue weighted by molar-refractivity contribution is 5.81. The summed E-state index contributed by atoms with van der Waals surface area (Å²) in [6.45, 7) is -0.872. The van der Waals surface area contributed by atoms with E-state index in [1.807, 2.05) is 0 Å². The Balaban J connectivity index is 2.63. The van der Waals surface area contributed by atoms with Gasteiger partial charge in [-0.2, -0.15) is 0 Å². The number of hydrogen-bond acceptors (Lipinski definition) is 4. The third-order valence-corrected chi connectivity index (χ3v) is 3.07. The van der Waals surface area contributed by atoms with E-state index in [1.54, 1.807) is 0 Å². The quantitative estimate of drug-likeness (QED) is 0.529. The van der Waals surface area contributed by atoms with Crippen LogP contribution in [0.2, 0.25) is 0 Å². The summed E-state index contributed by atoms with van der Waals surface area (Å²) in [5.41, 5.74) is -1.57. The average Bonchev–Trinajstić information content (AvgIpc) is 2.56. The minimum Gasteiger partial charge on any atom is -0.481 e. The fraction of sp³-hybridized carbons (Fsp3) is 0.800. The molecule has 0 radical (unpaired) electrons. The average molecular weight is 267 g/mol. The highest BCUT2D eigenvalue weighted by atomic mass is 19.3. The highest BCUT2D eigenvalue weighted by Gasteiger charge is 2.50. The summed E-state index contributed by atoms with van der Waals surface area (Å²) >= 11 is 0. The van der Waals surface area contributed by atoms with Crippen LogP contribution >= 0.6 is 0 Å². The van der Waals surface area contributed by atoms with Crippen molar-refractivity contribution in [2.75, 3.05) is 13.1 Å². The standard InChI is InChI=1S/C10H15F2NO5/c11-7(12)3-13-4-10(18)1-5(8(14)15)6(2-10)9(16)17/h5-7,13,18H,1-4H2,(H,14,15)(H,16,17). The second kappa shape index (κ2) is 5.57. The fourth-order valence-electron chi connectivity index (χ4n) is 2.26. The van der Waals surface area contributed by atoms with Crippen molar-refractivity contribution in [3.63, 3.8) is 0 Å². The van der Waals surface area contributed by atoms with Gasteiger partial charge in [-0.3, -0.25) is 9.59 Å². The van der Waals surface area contributed by atoms with E-state index in [9.17, 15) is 23.5 Å². The van der Waals surface area contributed by atoms with E-state index >= 15 is 0 Å². The molecular weight excluding hydrogens is 252 g/mol. The molecule has 1 rings (SSSR count). The zero-order valence-electron chi connectivity index (χ0n) is 9.47. The van der Waals surface area contributed by atoms with Crippen LogP contribution in [-0.4, -0.2) is 52.4 Å². The Bertz CT molecular complexity index is 314. The lowest BCUT2D eigenvalue weighted by molar-refractivity contribution is -0.152. The minimum absolute atomic E-state index is 0.245. The zero-order chi connectivity index (χ0) is 13.9. The van der Waals surface area contributed by atoms with Crippen LogP contribution in [0.4, 0.5) is 8.78 Å². The van der Waals surface area contributed by atoms with Crippen molar-refractivity contribution in [1.82, 2.24) is 5.32 Å². The van der Waals surface area contributed by atoms with Gasteiger partial charge in [-0.1, -0.05) is 0 Å². The first kappa shape index (κ1) is 14.8. The molecular formula is C10H15F2NO5. The zero-order valence-corrected chi connectivity index (χ0v) is 9.47. The summed E-state index contributed by atoms with van der Waals surface area (Å²) in [4.78, 5) is 21.7. The molecule has 2 atom stereocenters.